The molecular weight excluding hydrogens is 210 g/mol. The molecule has 0 spiro atoms. The van der Waals surface area contributed by atoms with Crippen molar-refractivity contribution >= 4 is 11.8 Å². The summed E-state index contributed by atoms with van der Waals surface area (Å²) in [6.07, 6.45) is 2.66. The smallest absolute Gasteiger partial charge is 0.0701 e. The number of hydrogen-bond acceptors (Lipinski definition) is 4. The maximum Gasteiger partial charge on any atom is 0.0701 e. The van der Waals surface area contributed by atoms with E-state index in [-0.39, 0.29) is 0 Å². The fraction of sp³-hybridized carbons (Fsp3) is 1.00. The van der Waals surface area contributed by atoms with E-state index in [1.807, 2.05) is 0 Å². The lowest BCUT2D eigenvalue weighted by Crippen LogP contribution is -2.42. The summed E-state index contributed by atoms with van der Waals surface area (Å²) in [5, 5.41) is 3.61. The summed E-state index contributed by atoms with van der Waals surface area (Å²) in [7, 11) is 1.70. The number of ether oxygens (including phenoxy) is 2. The zero-order valence-corrected chi connectivity index (χ0v) is 10.6. The molecule has 2 atom stereocenters. The van der Waals surface area contributed by atoms with E-state index in [2.05, 4.69) is 24.0 Å². The summed E-state index contributed by atoms with van der Waals surface area (Å²) in [5.41, 5.74) is 0. The van der Waals surface area contributed by atoms with Crippen LogP contribution in [0.1, 0.15) is 19.8 Å². The van der Waals surface area contributed by atoms with Crippen LogP contribution < -0.4 is 5.32 Å². The van der Waals surface area contributed by atoms with Crippen molar-refractivity contribution in [1.82, 2.24) is 5.32 Å². The molecule has 0 radical (unpaired) electrons. The van der Waals surface area contributed by atoms with Gasteiger partial charge in [0.1, 0.15) is 0 Å². The highest BCUT2D eigenvalue weighted by Gasteiger charge is 2.15. The molecule has 90 valence electrons. The standard InChI is InChI=1S/C11H23NO2S/c1-10(8-14-6-5-13-2)12-11-4-3-7-15-9-11/h10-12H,3-9H2,1-2H3. The van der Waals surface area contributed by atoms with Gasteiger partial charge in [-0.25, -0.2) is 0 Å². The SMILES string of the molecule is COCCOCC(C)NC1CCCSC1. The minimum Gasteiger partial charge on any atom is -0.382 e. The lowest BCUT2D eigenvalue weighted by atomic mass is 10.1. The molecule has 0 amide bonds. The van der Waals surface area contributed by atoms with Crippen LogP contribution >= 0.6 is 11.8 Å². The fourth-order valence-corrected chi connectivity index (χ4v) is 2.81. The van der Waals surface area contributed by atoms with Crippen molar-refractivity contribution < 1.29 is 9.47 Å². The first-order valence-electron chi connectivity index (χ1n) is 5.73. The molecule has 3 nitrogen and oxygen atoms in total. The average Bonchev–Trinajstić information content (AvgIpc) is 2.26. The van der Waals surface area contributed by atoms with Crippen LogP contribution in [0.15, 0.2) is 0 Å². The van der Waals surface area contributed by atoms with E-state index in [0.29, 0.717) is 25.3 Å². The number of rotatable bonds is 7. The van der Waals surface area contributed by atoms with Crippen molar-refractivity contribution in [2.45, 2.75) is 31.8 Å². The van der Waals surface area contributed by atoms with E-state index in [0.717, 1.165) is 6.61 Å². The maximum atomic E-state index is 5.48. The third-order valence-corrected chi connectivity index (χ3v) is 3.70. The molecular formula is C11H23NO2S. The van der Waals surface area contributed by atoms with E-state index in [1.165, 1.54) is 24.3 Å². The maximum absolute atomic E-state index is 5.48. The normalized spacial score (nSPS) is 24.0. The first-order chi connectivity index (χ1) is 7.33. The van der Waals surface area contributed by atoms with Crippen molar-refractivity contribution in [3.8, 4) is 0 Å². The Hall–Kier alpha value is 0.230. The zero-order chi connectivity index (χ0) is 10.9. The molecule has 0 aromatic heterocycles. The van der Waals surface area contributed by atoms with Crippen molar-refractivity contribution in [1.29, 1.82) is 0 Å². The number of nitrogens with one attached hydrogen (secondary N) is 1. The van der Waals surface area contributed by atoms with Gasteiger partial charge in [-0.2, -0.15) is 11.8 Å². The van der Waals surface area contributed by atoms with Gasteiger partial charge in [-0.15, -0.1) is 0 Å². The van der Waals surface area contributed by atoms with E-state index in [4.69, 9.17) is 9.47 Å². The van der Waals surface area contributed by atoms with Gasteiger partial charge >= 0.3 is 0 Å². The van der Waals surface area contributed by atoms with Gasteiger partial charge in [0.15, 0.2) is 0 Å². The molecule has 0 aromatic carbocycles. The van der Waals surface area contributed by atoms with Gasteiger partial charge in [0, 0.05) is 24.9 Å². The minimum atomic E-state index is 0.450. The Morgan fingerprint density at radius 3 is 3.00 bits per heavy atom. The molecule has 0 aromatic rings. The second-order valence-electron chi connectivity index (χ2n) is 4.05. The molecule has 0 saturated carbocycles. The number of thioether (sulfide) groups is 1. The fourth-order valence-electron chi connectivity index (χ4n) is 1.73. The van der Waals surface area contributed by atoms with Gasteiger partial charge in [-0.1, -0.05) is 0 Å². The largest absolute Gasteiger partial charge is 0.382 e. The molecule has 0 aliphatic carbocycles. The van der Waals surface area contributed by atoms with Gasteiger partial charge < -0.3 is 14.8 Å². The Balaban J connectivity index is 1.98. The van der Waals surface area contributed by atoms with Crippen LogP contribution in [0.4, 0.5) is 0 Å². The highest BCUT2D eigenvalue weighted by atomic mass is 32.2. The van der Waals surface area contributed by atoms with Crippen LogP contribution in [0, 0.1) is 0 Å². The number of methoxy groups -OCH3 is 1. The summed E-state index contributed by atoms with van der Waals surface area (Å²) >= 11 is 2.05. The quantitative estimate of drug-likeness (QED) is 0.676. The number of hydrogen-bond donors (Lipinski definition) is 1. The van der Waals surface area contributed by atoms with Crippen LogP contribution in [0.2, 0.25) is 0 Å². The molecule has 4 heteroatoms. The second-order valence-corrected chi connectivity index (χ2v) is 5.20. The Bertz CT molecular complexity index is 152. The van der Waals surface area contributed by atoms with Crippen LogP contribution in [-0.4, -0.2) is 50.5 Å². The first-order valence-corrected chi connectivity index (χ1v) is 6.89. The molecule has 1 aliphatic heterocycles. The van der Waals surface area contributed by atoms with Gasteiger partial charge in [0.2, 0.25) is 0 Å². The van der Waals surface area contributed by atoms with Crippen LogP contribution in [0.3, 0.4) is 0 Å². The molecule has 1 aliphatic rings. The average molecular weight is 233 g/mol. The highest BCUT2D eigenvalue weighted by Crippen LogP contribution is 2.17. The van der Waals surface area contributed by atoms with Crippen molar-refractivity contribution in [2.24, 2.45) is 0 Å². The van der Waals surface area contributed by atoms with E-state index < -0.39 is 0 Å². The summed E-state index contributed by atoms with van der Waals surface area (Å²) in [4.78, 5) is 0. The van der Waals surface area contributed by atoms with Crippen molar-refractivity contribution in [2.75, 3.05) is 38.4 Å². The van der Waals surface area contributed by atoms with E-state index in [1.54, 1.807) is 7.11 Å². The second kappa shape index (κ2) is 8.39. The van der Waals surface area contributed by atoms with Gasteiger partial charge in [-0.05, 0) is 25.5 Å². The topological polar surface area (TPSA) is 30.5 Å². The van der Waals surface area contributed by atoms with Crippen LogP contribution in [0.25, 0.3) is 0 Å². The Labute approximate surface area is 97.3 Å². The summed E-state index contributed by atoms with van der Waals surface area (Å²) in [6.45, 7) is 4.35. The van der Waals surface area contributed by atoms with Crippen LogP contribution in [0.5, 0.6) is 0 Å². The predicted molar refractivity (Wildman–Crippen MR) is 65.6 cm³/mol. The van der Waals surface area contributed by atoms with Gasteiger partial charge in [0.25, 0.3) is 0 Å². The minimum absolute atomic E-state index is 0.450. The molecule has 1 heterocycles. The molecule has 1 N–H and O–H groups in total. The van der Waals surface area contributed by atoms with Gasteiger partial charge in [0.05, 0.1) is 19.8 Å². The third kappa shape index (κ3) is 6.40. The van der Waals surface area contributed by atoms with Gasteiger partial charge in [-0.3, -0.25) is 0 Å². The predicted octanol–water partition coefficient (Wildman–Crippen LogP) is 1.52. The highest BCUT2D eigenvalue weighted by molar-refractivity contribution is 7.99. The van der Waals surface area contributed by atoms with E-state index in [9.17, 15) is 0 Å². The first kappa shape index (κ1) is 13.3. The van der Waals surface area contributed by atoms with E-state index >= 15 is 0 Å². The zero-order valence-electron chi connectivity index (χ0n) is 9.83. The molecule has 15 heavy (non-hydrogen) atoms. The lowest BCUT2D eigenvalue weighted by Gasteiger charge is -2.26. The Morgan fingerprint density at radius 2 is 2.33 bits per heavy atom. The molecule has 1 saturated heterocycles. The molecule has 2 unspecified atom stereocenters. The summed E-state index contributed by atoms with van der Waals surface area (Å²) in [5.74, 6) is 2.58. The lowest BCUT2D eigenvalue weighted by molar-refractivity contribution is 0.0596. The Morgan fingerprint density at radius 1 is 1.47 bits per heavy atom. The van der Waals surface area contributed by atoms with Crippen molar-refractivity contribution in [3.63, 3.8) is 0 Å². The monoisotopic (exact) mass is 233 g/mol. The molecule has 0 bridgehead atoms. The van der Waals surface area contributed by atoms with Crippen LogP contribution in [-0.2, 0) is 9.47 Å². The summed E-state index contributed by atoms with van der Waals surface area (Å²) < 4.78 is 10.4. The molecule has 1 fully saturated rings. The third-order valence-electron chi connectivity index (χ3n) is 2.48. The van der Waals surface area contributed by atoms with Crippen molar-refractivity contribution in [3.05, 3.63) is 0 Å². The Kier molecular flexibility index (Phi) is 7.44. The summed E-state index contributed by atoms with van der Waals surface area (Å²) in [6, 6.07) is 1.13. The molecule has 1 rings (SSSR count).